The lowest BCUT2D eigenvalue weighted by Gasteiger charge is -2.35. The third kappa shape index (κ3) is 4.46. The highest BCUT2D eigenvalue weighted by atomic mass is 35.5. The molecule has 5 nitrogen and oxygen atoms in total. The van der Waals surface area contributed by atoms with E-state index < -0.39 is 5.54 Å². The Kier molecular flexibility index (Phi) is 7.95. The molecule has 0 aromatic heterocycles. The summed E-state index contributed by atoms with van der Waals surface area (Å²) in [6.07, 6.45) is 4.79. The van der Waals surface area contributed by atoms with Gasteiger partial charge in [0, 0.05) is 13.0 Å². The Morgan fingerprint density at radius 3 is 2.33 bits per heavy atom. The zero-order valence-corrected chi connectivity index (χ0v) is 11.9. The van der Waals surface area contributed by atoms with Gasteiger partial charge in [0.1, 0.15) is 5.54 Å². The zero-order chi connectivity index (χ0) is 12.7. The molecular weight excluding hydrogens is 256 g/mol. The first kappa shape index (κ1) is 17.2. The van der Waals surface area contributed by atoms with Crippen LogP contribution in [0.2, 0.25) is 0 Å². The Morgan fingerprint density at radius 1 is 1.22 bits per heavy atom. The monoisotopic (exact) mass is 278 g/mol. The van der Waals surface area contributed by atoms with Crippen LogP contribution in [0.1, 0.15) is 38.5 Å². The molecule has 1 aliphatic carbocycles. The lowest BCUT2D eigenvalue weighted by Crippen LogP contribution is -2.56. The van der Waals surface area contributed by atoms with Crippen LogP contribution in [0.15, 0.2) is 0 Å². The largest absolute Gasteiger partial charge is 0.467 e. The quantitative estimate of drug-likeness (QED) is 0.737. The third-order valence-corrected chi connectivity index (χ3v) is 3.26. The molecule has 0 unspecified atom stereocenters. The molecule has 0 heterocycles. The number of halogens is 1. The van der Waals surface area contributed by atoms with Gasteiger partial charge in [0.15, 0.2) is 0 Å². The highest BCUT2D eigenvalue weighted by Crippen LogP contribution is 2.29. The van der Waals surface area contributed by atoms with E-state index in [4.69, 9.17) is 4.74 Å². The smallest absolute Gasteiger partial charge is 0.331 e. The minimum Gasteiger partial charge on any atom is -0.467 e. The summed E-state index contributed by atoms with van der Waals surface area (Å²) >= 11 is 0. The standard InChI is InChI=1S/C12H22N2O3.ClH/c1-13-9-6-10(15)14-12(11(16)17-2)7-4-3-5-8-12;/h13H,3-9H2,1-2H3,(H,14,15);1H. The summed E-state index contributed by atoms with van der Waals surface area (Å²) in [5.41, 5.74) is -0.780. The van der Waals surface area contributed by atoms with Gasteiger partial charge in [-0.15, -0.1) is 12.4 Å². The Labute approximate surface area is 114 Å². The molecule has 106 valence electrons. The normalized spacial score (nSPS) is 17.4. The predicted molar refractivity (Wildman–Crippen MR) is 71.8 cm³/mol. The molecule has 0 saturated heterocycles. The summed E-state index contributed by atoms with van der Waals surface area (Å²) in [5.74, 6) is -0.401. The Hall–Kier alpha value is -0.810. The second-order valence-electron chi connectivity index (χ2n) is 4.54. The molecule has 0 aromatic rings. The highest BCUT2D eigenvalue weighted by Gasteiger charge is 2.41. The fourth-order valence-corrected chi connectivity index (χ4v) is 2.30. The molecule has 1 saturated carbocycles. The fraction of sp³-hybridized carbons (Fsp3) is 0.833. The van der Waals surface area contributed by atoms with Crippen LogP contribution in [-0.2, 0) is 14.3 Å². The molecule has 1 fully saturated rings. The van der Waals surface area contributed by atoms with E-state index in [1.54, 1.807) is 7.05 Å². The van der Waals surface area contributed by atoms with E-state index in [1.165, 1.54) is 7.11 Å². The first-order chi connectivity index (χ1) is 8.14. The van der Waals surface area contributed by atoms with Gasteiger partial charge in [-0.05, 0) is 19.9 Å². The van der Waals surface area contributed by atoms with E-state index in [0.29, 0.717) is 25.8 Å². The summed E-state index contributed by atoms with van der Waals surface area (Å²) in [7, 11) is 3.17. The van der Waals surface area contributed by atoms with E-state index in [-0.39, 0.29) is 24.3 Å². The lowest BCUT2D eigenvalue weighted by atomic mass is 9.81. The number of amides is 1. The van der Waals surface area contributed by atoms with Crippen LogP contribution in [0.4, 0.5) is 0 Å². The van der Waals surface area contributed by atoms with Gasteiger partial charge in [-0.1, -0.05) is 19.3 Å². The van der Waals surface area contributed by atoms with Crippen LogP contribution >= 0.6 is 12.4 Å². The highest BCUT2D eigenvalue weighted by molar-refractivity contribution is 5.88. The van der Waals surface area contributed by atoms with Crippen molar-refractivity contribution in [2.45, 2.75) is 44.1 Å². The summed E-state index contributed by atoms with van der Waals surface area (Å²) < 4.78 is 4.83. The number of nitrogens with one attached hydrogen (secondary N) is 2. The summed E-state index contributed by atoms with van der Waals surface area (Å²) in [6.45, 7) is 0.614. The van der Waals surface area contributed by atoms with Crippen molar-refractivity contribution >= 4 is 24.3 Å². The van der Waals surface area contributed by atoms with E-state index >= 15 is 0 Å². The predicted octanol–water partition coefficient (Wildman–Crippen LogP) is 1.01. The maximum absolute atomic E-state index is 11.8. The van der Waals surface area contributed by atoms with Crippen LogP contribution in [-0.4, -0.2) is 38.1 Å². The minimum atomic E-state index is -0.780. The number of hydrogen-bond donors (Lipinski definition) is 2. The first-order valence-electron chi connectivity index (χ1n) is 6.18. The molecule has 1 amide bonds. The first-order valence-corrected chi connectivity index (χ1v) is 6.18. The molecule has 0 bridgehead atoms. The van der Waals surface area contributed by atoms with Crippen LogP contribution in [0.25, 0.3) is 0 Å². The van der Waals surface area contributed by atoms with Gasteiger partial charge in [0.25, 0.3) is 0 Å². The average molecular weight is 279 g/mol. The van der Waals surface area contributed by atoms with Crippen LogP contribution in [0.3, 0.4) is 0 Å². The fourth-order valence-electron chi connectivity index (χ4n) is 2.30. The molecule has 18 heavy (non-hydrogen) atoms. The van der Waals surface area contributed by atoms with Crippen LogP contribution in [0, 0.1) is 0 Å². The van der Waals surface area contributed by atoms with Gasteiger partial charge in [0.05, 0.1) is 7.11 Å². The van der Waals surface area contributed by atoms with Gasteiger partial charge >= 0.3 is 5.97 Å². The minimum absolute atomic E-state index is 0. The van der Waals surface area contributed by atoms with Gasteiger partial charge in [-0.2, -0.15) is 0 Å². The molecule has 0 aromatic carbocycles. The second kappa shape index (κ2) is 8.32. The van der Waals surface area contributed by atoms with Gasteiger partial charge < -0.3 is 15.4 Å². The SMILES string of the molecule is CNCCC(=O)NC1(C(=O)OC)CCCCC1.Cl. The van der Waals surface area contributed by atoms with Crippen molar-refractivity contribution in [2.24, 2.45) is 0 Å². The van der Waals surface area contributed by atoms with E-state index in [9.17, 15) is 9.59 Å². The molecule has 1 rings (SSSR count). The van der Waals surface area contributed by atoms with Crippen LogP contribution < -0.4 is 10.6 Å². The molecule has 0 aliphatic heterocycles. The molecule has 2 N–H and O–H groups in total. The number of rotatable bonds is 5. The summed E-state index contributed by atoms with van der Waals surface area (Å²) in [6, 6.07) is 0. The van der Waals surface area contributed by atoms with Gasteiger partial charge in [0.2, 0.25) is 5.91 Å². The molecule has 0 radical (unpaired) electrons. The number of carbonyl (C=O) groups excluding carboxylic acids is 2. The van der Waals surface area contributed by atoms with Crippen molar-refractivity contribution in [3.8, 4) is 0 Å². The average Bonchev–Trinajstić information content (AvgIpc) is 2.36. The van der Waals surface area contributed by atoms with Crippen molar-refractivity contribution in [1.29, 1.82) is 0 Å². The van der Waals surface area contributed by atoms with Crippen molar-refractivity contribution < 1.29 is 14.3 Å². The number of methoxy groups -OCH3 is 1. The third-order valence-electron chi connectivity index (χ3n) is 3.26. The molecule has 6 heteroatoms. The van der Waals surface area contributed by atoms with E-state index in [2.05, 4.69) is 10.6 Å². The van der Waals surface area contributed by atoms with Crippen molar-refractivity contribution in [3.05, 3.63) is 0 Å². The maximum Gasteiger partial charge on any atom is 0.331 e. The van der Waals surface area contributed by atoms with Crippen molar-refractivity contribution in [3.63, 3.8) is 0 Å². The number of hydrogen-bond acceptors (Lipinski definition) is 4. The summed E-state index contributed by atoms with van der Waals surface area (Å²) in [4.78, 5) is 23.6. The van der Waals surface area contributed by atoms with Crippen molar-refractivity contribution in [2.75, 3.05) is 20.7 Å². The molecule has 1 aliphatic rings. The topological polar surface area (TPSA) is 67.4 Å². The lowest BCUT2D eigenvalue weighted by molar-refractivity contribution is -0.152. The van der Waals surface area contributed by atoms with Crippen LogP contribution in [0.5, 0.6) is 0 Å². The molecule has 0 spiro atoms. The Balaban J connectivity index is 0.00000289. The van der Waals surface area contributed by atoms with Crippen molar-refractivity contribution in [1.82, 2.24) is 10.6 Å². The Bertz CT molecular complexity index is 278. The Morgan fingerprint density at radius 2 is 1.83 bits per heavy atom. The molecular formula is C12H23ClN2O3. The number of ether oxygens (including phenoxy) is 1. The van der Waals surface area contributed by atoms with Gasteiger partial charge in [-0.3, -0.25) is 4.79 Å². The molecule has 0 atom stereocenters. The van der Waals surface area contributed by atoms with E-state index in [0.717, 1.165) is 19.3 Å². The maximum atomic E-state index is 11.8. The van der Waals surface area contributed by atoms with Gasteiger partial charge in [-0.25, -0.2) is 4.79 Å². The number of carbonyl (C=O) groups is 2. The second-order valence-corrected chi connectivity index (χ2v) is 4.54. The summed E-state index contributed by atoms with van der Waals surface area (Å²) in [5, 5.41) is 5.78. The zero-order valence-electron chi connectivity index (χ0n) is 11.1. The number of esters is 1. The van der Waals surface area contributed by atoms with E-state index in [1.807, 2.05) is 0 Å².